The first-order chi connectivity index (χ1) is 44.3. The third-order valence-electron chi connectivity index (χ3n) is 17.6. The lowest BCUT2D eigenvalue weighted by Crippen LogP contribution is -2.30. The Labute approximate surface area is 562 Å². The van der Waals surface area contributed by atoms with Crippen molar-refractivity contribution in [3.05, 3.63) is 0 Å². The number of carbonyl (C=O) groups is 4. The second-order valence-corrected chi connectivity index (χ2v) is 30.2. The van der Waals surface area contributed by atoms with Crippen molar-refractivity contribution in [3.8, 4) is 0 Å². The van der Waals surface area contributed by atoms with Crippen molar-refractivity contribution < 1.29 is 80.2 Å². The van der Waals surface area contributed by atoms with Gasteiger partial charge in [-0.1, -0.05) is 318 Å². The average Bonchev–Trinajstić information content (AvgIpc) is 3.26. The summed E-state index contributed by atoms with van der Waals surface area (Å²) in [5, 5.41) is 10.6. The number of rotatable bonds is 71. The van der Waals surface area contributed by atoms with Crippen LogP contribution in [0.1, 0.15) is 370 Å². The molecule has 3 N–H and O–H groups in total. The van der Waals surface area contributed by atoms with Crippen LogP contribution in [0.3, 0.4) is 0 Å². The van der Waals surface area contributed by atoms with Crippen LogP contribution in [-0.4, -0.2) is 96.7 Å². The lowest BCUT2D eigenvalue weighted by Gasteiger charge is -2.21. The van der Waals surface area contributed by atoms with E-state index in [1.165, 1.54) is 180 Å². The van der Waals surface area contributed by atoms with E-state index in [1.54, 1.807) is 0 Å². The SMILES string of the molecule is CCCCCCCCCCCC(=O)OC[C@H](COP(=O)(O)OC[C@H](O)COP(=O)(O)OC[C@@H](COC(=O)CCCCCCCCCCC(C)C)OC(=O)CCCCCCCCCCCCCCCCCCCCC(C)CC)OC(=O)CCCCCCCCC(C)CC. The van der Waals surface area contributed by atoms with Crippen molar-refractivity contribution in [1.82, 2.24) is 0 Å². The number of hydrogen-bond donors (Lipinski definition) is 3. The number of aliphatic hydroxyl groups is 1. The zero-order valence-corrected chi connectivity index (χ0v) is 61.8. The molecule has 0 aromatic heterocycles. The minimum Gasteiger partial charge on any atom is -0.462 e. The molecule has 92 heavy (non-hydrogen) atoms. The first-order valence-electron chi connectivity index (χ1n) is 37.9. The maximum Gasteiger partial charge on any atom is 0.472 e. The maximum absolute atomic E-state index is 13.0. The fourth-order valence-electron chi connectivity index (χ4n) is 11.0. The van der Waals surface area contributed by atoms with Crippen molar-refractivity contribution in [3.63, 3.8) is 0 Å². The first kappa shape index (κ1) is 90.1. The molecule has 0 aliphatic carbocycles. The van der Waals surface area contributed by atoms with Crippen LogP contribution in [0.4, 0.5) is 0 Å². The fraction of sp³-hybridized carbons (Fsp3) is 0.945. The molecule has 0 bridgehead atoms. The number of hydrogen-bond acceptors (Lipinski definition) is 15. The van der Waals surface area contributed by atoms with Crippen molar-refractivity contribution in [2.24, 2.45) is 17.8 Å². The predicted octanol–water partition coefficient (Wildman–Crippen LogP) is 21.0. The second kappa shape index (κ2) is 63.8. The first-order valence-corrected chi connectivity index (χ1v) is 40.9. The van der Waals surface area contributed by atoms with Gasteiger partial charge in [0.25, 0.3) is 0 Å². The summed E-state index contributed by atoms with van der Waals surface area (Å²) in [6.45, 7) is 11.8. The van der Waals surface area contributed by atoms with E-state index < -0.39 is 97.5 Å². The van der Waals surface area contributed by atoms with E-state index in [1.807, 2.05) is 0 Å². The molecule has 17 nitrogen and oxygen atoms in total. The van der Waals surface area contributed by atoms with Crippen molar-refractivity contribution in [2.45, 2.75) is 388 Å². The average molecular weight is 1350 g/mol. The Morgan fingerprint density at radius 3 is 0.826 bits per heavy atom. The number of carbonyl (C=O) groups excluding carboxylic acids is 4. The van der Waals surface area contributed by atoms with Gasteiger partial charge in [-0.05, 0) is 43.4 Å². The number of esters is 4. The molecule has 0 aliphatic heterocycles. The molecular formula is C73H142O17P2. The van der Waals surface area contributed by atoms with E-state index in [9.17, 15) is 43.2 Å². The molecule has 7 atom stereocenters. The number of aliphatic hydroxyl groups excluding tert-OH is 1. The van der Waals surface area contributed by atoms with E-state index in [0.717, 1.165) is 108 Å². The minimum absolute atomic E-state index is 0.103. The van der Waals surface area contributed by atoms with Gasteiger partial charge in [0.15, 0.2) is 12.2 Å². The molecule has 0 saturated carbocycles. The number of ether oxygens (including phenoxy) is 4. The van der Waals surface area contributed by atoms with Crippen LogP contribution in [0, 0.1) is 17.8 Å². The van der Waals surface area contributed by atoms with Crippen molar-refractivity contribution in [1.29, 1.82) is 0 Å². The molecule has 0 radical (unpaired) electrons. The molecule has 0 heterocycles. The quantitative estimate of drug-likeness (QED) is 0.0222. The van der Waals surface area contributed by atoms with Crippen LogP contribution in [0.25, 0.3) is 0 Å². The molecule has 0 spiro atoms. The number of phosphoric acid groups is 2. The third-order valence-corrected chi connectivity index (χ3v) is 19.5. The summed E-state index contributed by atoms with van der Waals surface area (Å²) < 4.78 is 68.3. The van der Waals surface area contributed by atoms with Gasteiger partial charge >= 0.3 is 39.5 Å². The molecule has 0 aromatic carbocycles. The second-order valence-electron chi connectivity index (χ2n) is 27.3. The van der Waals surface area contributed by atoms with Gasteiger partial charge in [0, 0.05) is 25.7 Å². The summed E-state index contributed by atoms with van der Waals surface area (Å²) >= 11 is 0. The van der Waals surface area contributed by atoms with Crippen LogP contribution in [0.15, 0.2) is 0 Å². The van der Waals surface area contributed by atoms with Gasteiger partial charge in [0.1, 0.15) is 19.3 Å². The van der Waals surface area contributed by atoms with Crippen LogP contribution in [0.5, 0.6) is 0 Å². The molecular weight excluding hydrogens is 1210 g/mol. The van der Waals surface area contributed by atoms with Crippen LogP contribution in [0.2, 0.25) is 0 Å². The van der Waals surface area contributed by atoms with Gasteiger partial charge in [-0.25, -0.2) is 9.13 Å². The highest BCUT2D eigenvalue weighted by Crippen LogP contribution is 2.45. The Morgan fingerprint density at radius 2 is 0.554 bits per heavy atom. The molecule has 0 fully saturated rings. The monoisotopic (exact) mass is 1350 g/mol. The van der Waals surface area contributed by atoms with E-state index in [2.05, 4.69) is 48.5 Å². The van der Waals surface area contributed by atoms with Crippen LogP contribution >= 0.6 is 15.6 Å². The highest BCUT2D eigenvalue weighted by atomic mass is 31.2. The number of unbranched alkanes of at least 4 members (excludes halogenated alkanes) is 37. The Balaban J connectivity index is 5.15. The minimum atomic E-state index is -4.95. The lowest BCUT2D eigenvalue weighted by atomic mass is 9.99. The molecule has 0 saturated heterocycles. The van der Waals surface area contributed by atoms with Crippen molar-refractivity contribution in [2.75, 3.05) is 39.6 Å². The zero-order valence-electron chi connectivity index (χ0n) is 60.0. The third kappa shape index (κ3) is 64.1. The van der Waals surface area contributed by atoms with E-state index >= 15 is 0 Å². The van der Waals surface area contributed by atoms with Gasteiger partial charge in [-0.2, -0.15) is 0 Å². The lowest BCUT2D eigenvalue weighted by molar-refractivity contribution is -0.161. The molecule has 0 aromatic rings. The topological polar surface area (TPSA) is 237 Å². The summed E-state index contributed by atoms with van der Waals surface area (Å²) in [4.78, 5) is 72.5. The fourth-order valence-corrected chi connectivity index (χ4v) is 12.6. The van der Waals surface area contributed by atoms with Gasteiger partial charge in [-0.15, -0.1) is 0 Å². The maximum atomic E-state index is 13.0. The smallest absolute Gasteiger partial charge is 0.462 e. The highest BCUT2D eigenvalue weighted by Gasteiger charge is 2.30. The zero-order chi connectivity index (χ0) is 68.0. The summed E-state index contributed by atoms with van der Waals surface area (Å²) in [5.74, 6) is 0.189. The molecule has 0 aliphatic rings. The summed E-state index contributed by atoms with van der Waals surface area (Å²) in [5.41, 5.74) is 0. The summed E-state index contributed by atoms with van der Waals surface area (Å²) in [6, 6.07) is 0. The summed E-state index contributed by atoms with van der Waals surface area (Å²) in [7, 11) is -9.90. The largest absolute Gasteiger partial charge is 0.472 e. The molecule has 19 heteroatoms. The highest BCUT2D eigenvalue weighted by molar-refractivity contribution is 7.47. The van der Waals surface area contributed by atoms with Gasteiger partial charge < -0.3 is 33.8 Å². The number of phosphoric ester groups is 2. The van der Waals surface area contributed by atoms with Crippen LogP contribution < -0.4 is 0 Å². The standard InChI is InChI=1S/C73H142O17P2/c1-8-11-12-13-14-25-32-40-47-54-70(75)83-61-69(90-73(78)57-50-43-36-35-39-46-53-66(7)10-3)63-88-92(81,82)86-59-67(74)58-85-91(79,80)87-62-68(60-84-71(76)55-48-41-33-29-28-30-37-44-51-64(4)5)89-72(77)56-49-42-34-27-24-22-20-18-16-15-17-19-21-23-26-31-38-45-52-65(6)9-2/h64-69,74H,8-63H2,1-7H3,(H,79,80)(H,81,82)/t65?,66?,67-,68-,69-/m1/s1. The predicted molar refractivity (Wildman–Crippen MR) is 372 cm³/mol. The van der Waals surface area contributed by atoms with E-state index in [0.29, 0.717) is 25.7 Å². The van der Waals surface area contributed by atoms with Gasteiger partial charge in [0.05, 0.1) is 26.4 Å². The Kier molecular flexibility index (Phi) is 62.4. The molecule has 0 rings (SSSR count). The van der Waals surface area contributed by atoms with E-state index in [4.69, 9.17) is 37.0 Å². The summed E-state index contributed by atoms with van der Waals surface area (Å²) in [6.07, 6.45) is 48.8. The van der Waals surface area contributed by atoms with Crippen LogP contribution in [-0.2, 0) is 65.4 Å². The van der Waals surface area contributed by atoms with E-state index in [-0.39, 0.29) is 25.7 Å². The normalized spacial score (nSPS) is 14.7. The van der Waals surface area contributed by atoms with Gasteiger partial charge in [-0.3, -0.25) is 37.3 Å². The Bertz CT molecular complexity index is 1810. The van der Waals surface area contributed by atoms with Crippen molar-refractivity contribution >= 4 is 39.5 Å². The molecule has 4 unspecified atom stereocenters. The Morgan fingerprint density at radius 1 is 0.315 bits per heavy atom. The molecule has 0 amide bonds. The Hall–Kier alpha value is -1.94. The van der Waals surface area contributed by atoms with Gasteiger partial charge in [0.2, 0.25) is 0 Å². The molecule has 546 valence electrons.